The minimum atomic E-state index is -3.15. The Bertz CT molecular complexity index is 4110. The van der Waals surface area contributed by atoms with Crippen molar-refractivity contribution in [3.05, 3.63) is 191 Å². The third-order valence-corrected chi connectivity index (χ3v) is 19.1. The molecule has 1 atom stereocenters. The van der Waals surface area contributed by atoms with Crippen LogP contribution in [0.5, 0.6) is 5.75 Å². The van der Waals surface area contributed by atoms with Crippen LogP contribution < -0.4 is 15.0 Å². The van der Waals surface area contributed by atoms with Crippen molar-refractivity contribution in [2.75, 3.05) is 70.9 Å². The number of alkyl halides is 2. The normalized spacial score (nSPS) is 19.6. The number of ether oxygens (including phenoxy) is 1. The number of fused-ring (bicyclic) bond motifs is 7. The highest BCUT2D eigenvalue weighted by Gasteiger charge is 2.48. The van der Waals surface area contributed by atoms with Crippen molar-refractivity contribution in [2.24, 2.45) is 0 Å². The Morgan fingerprint density at radius 3 is 2.25 bits per heavy atom. The van der Waals surface area contributed by atoms with Gasteiger partial charge in [-0.15, -0.1) is 0 Å². The van der Waals surface area contributed by atoms with Crippen molar-refractivity contribution in [1.82, 2.24) is 25.0 Å². The second-order valence-electron chi connectivity index (χ2n) is 25.7. The average Bonchev–Trinajstić information content (AvgIpc) is 1.61. The second-order valence-corrected chi connectivity index (χ2v) is 25.7. The number of unbranched alkanes of at least 4 members (excludes halogenated alkanes) is 2. The molecule has 0 spiro atoms. The number of likely N-dealkylation sites (tertiary alicyclic amines) is 1. The zero-order valence-corrected chi connectivity index (χ0v) is 51.8. The number of allylic oxidation sites excluding steroid dienone is 8. The van der Waals surface area contributed by atoms with Crippen LogP contribution in [0.25, 0.3) is 43.6 Å². The molecule has 2 saturated heterocycles. The van der Waals surface area contributed by atoms with Crippen LogP contribution >= 0.6 is 0 Å². The van der Waals surface area contributed by atoms with Gasteiger partial charge < -0.3 is 24.8 Å². The third kappa shape index (κ3) is 12.5. The molecular formula is C75H79F2N8O4+. The van der Waals surface area contributed by atoms with E-state index in [2.05, 4.69) is 163 Å². The van der Waals surface area contributed by atoms with Crippen molar-refractivity contribution in [1.29, 1.82) is 5.26 Å². The summed E-state index contributed by atoms with van der Waals surface area (Å²) in [4.78, 5) is 51.9. The van der Waals surface area contributed by atoms with E-state index in [4.69, 9.17) is 4.74 Å². The van der Waals surface area contributed by atoms with Gasteiger partial charge >= 0.3 is 0 Å². The number of nitrogens with zero attached hydrogens (tertiary/aromatic N) is 7. The van der Waals surface area contributed by atoms with E-state index < -0.39 is 43.3 Å². The average molecular weight is 1190 g/mol. The van der Waals surface area contributed by atoms with Gasteiger partial charge in [-0.3, -0.25) is 24.3 Å². The lowest BCUT2D eigenvalue weighted by molar-refractivity contribution is -0.401. The number of hydrogen-bond acceptors (Lipinski definition) is 8. The van der Waals surface area contributed by atoms with Gasteiger partial charge in [-0.25, -0.2) is 8.78 Å². The number of anilines is 1. The molecule has 6 aromatic carbocycles. The first-order valence-corrected chi connectivity index (χ1v) is 31.7. The Morgan fingerprint density at radius 2 is 1.48 bits per heavy atom. The zero-order valence-electron chi connectivity index (χ0n) is 51.8. The number of amides is 3. The maximum Gasteiger partial charge on any atom is 0.268 e. The topological polar surface area (TPSA) is 125 Å². The van der Waals surface area contributed by atoms with Gasteiger partial charge in [0, 0.05) is 98.2 Å². The molecule has 0 bridgehead atoms. The van der Waals surface area contributed by atoms with Gasteiger partial charge in [0.15, 0.2) is 5.71 Å². The molecule has 7 aromatic rings. The molecule has 0 unspecified atom stereocenters. The highest BCUT2D eigenvalue weighted by Crippen LogP contribution is 2.51. The van der Waals surface area contributed by atoms with Crippen molar-refractivity contribution in [2.45, 2.75) is 108 Å². The van der Waals surface area contributed by atoms with Crippen molar-refractivity contribution in [3.63, 3.8) is 0 Å². The summed E-state index contributed by atoms with van der Waals surface area (Å²) in [7, 11) is 2.21. The predicted molar refractivity (Wildman–Crippen MR) is 351 cm³/mol. The molecule has 12 nitrogen and oxygen atoms in total. The Hall–Kier alpha value is -8.80. The molecule has 5 heterocycles. The number of pyridine rings is 1. The third-order valence-electron chi connectivity index (χ3n) is 19.1. The van der Waals surface area contributed by atoms with Crippen LogP contribution in [-0.2, 0) is 20.4 Å². The van der Waals surface area contributed by atoms with E-state index in [1.807, 2.05) is 47.4 Å². The summed E-state index contributed by atoms with van der Waals surface area (Å²) in [6.45, 7) is 13.6. The molecule has 3 amide bonds. The minimum Gasteiger partial charge on any atom is -0.494 e. The number of halogens is 2. The van der Waals surface area contributed by atoms with Gasteiger partial charge in [0.1, 0.15) is 18.8 Å². The van der Waals surface area contributed by atoms with Gasteiger partial charge in [0.05, 0.1) is 42.3 Å². The second kappa shape index (κ2) is 25.4. The Balaban J connectivity index is 0.602. The van der Waals surface area contributed by atoms with Crippen molar-refractivity contribution in [3.8, 4) is 22.9 Å². The van der Waals surface area contributed by atoms with Gasteiger partial charge in [-0.05, 0) is 150 Å². The summed E-state index contributed by atoms with van der Waals surface area (Å²) in [5.41, 5.74) is 13.0. The Morgan fingerprint density at radius 1 is 0.753 bits per heavy atom. The van der Waals surface area contributed by atoms with E-state index in [0.29, 0.717) is 23.9 Å². The lowest BCUT2D eigenvalue weighted by Gasteiger charge is -2.34. The number of carbonyl (C=O) groups excluding carboxylic acids is 3. The van der Waals surface area contributed by atoms with Gasteiger partial charge in [0.2, 0.25) is 17.5 Å². The van der Waals surface area contributed by atoms with Crippen LogP contribution in [0.2, 0.25) is 0 Å². The number of benzene rings is 6. The number of piperazine rings is 1. The molecule has 14 heteroatoms. The SMILES string of the molecule is C[N+]1=C(/C=C/C2=CC(=C/C=C3/N(CCCCCC(=O)N4CCN(CCCOc5ccc(-c6ccc7nccc(C(=O)NCC(=O)N8CC(F)(F)C[C@H]8C#N)c7c6)cc5)CC4)c4ccc5ccccc5c4C3(C)C)/CCC2)C(C)(C)c2c1ccc1ccccc21. The van der Waals surface area contributed by atoms with Crippen LogP contribution in [-0.4, -0.2) is 126 Å². The monoisotopic (exact) mass is 1190 g/mol. The molecule has 0 radical (unpaired) electrons. The fourth-order valence-electron chi connectivity index (χ4n) is 14.4. The van der Waals surface area contributed by atoms with Crippen LogP contribution in [0.4, 0.5) is 20.2 Å². The number of hydrogen-bond donors (Lipinski definition) is 1. The Labute approximate surface area is 521 Å². The summed E-state index contributed by atoms with van der Waals surface area (Å²) in [5.74, 6) is -3.46. The van der Waals surface area contributed by atoms with Crippen LogP contribution in [0.3, 0.4) is 0 Å². The van der Waals surface area contributed by atoms with E-state index in [1.165, 1.54) is 72.8 Å². The lowest BCUT2D eigenvalue weighted by atomic mass is 9.79. The number of nitriles is 1. The van der Waals surface area contributed by atoms with E-state index in [0.717, 1.165) is 106 Å². The molecule has 4 aliphatic heterocycles. The summed E-state index contributed by atoms with van der Waals surface area (Å²) in [5, 5.41) is 17.6. The number of rotatable bonds is 18. The molecule has 2 fully saturated rings. The standard InChI is InChI=1S/C75H78F2N8O4/c1-73(2)66(81(5)64-32-27-54-17-8-10-19-59(54)70(64)73)34-22-51-15-13-16-52(45-51)23-35-67-74(3,4)71-60-20-11-9-18-55(60)28-33-65(71)84(67)39-12-6-7-21-68(86)83-42-40-82(41-43-83)38-14-44-89-58-29-24-53(25-30-58)56-26-31-63-62(46-56)61(36-37-79-63)72(88)80-49-69(87)85-50-75(76,77)47-57(85)48-78/h8-11,17-20,22-37,45-46,57H,6-7,12-16,21,38-44,47,49-50H2,1-5H3/p+1/t57-/m0/s1. The highest BCUT2D eigenvalue weighted by molar-refractivity contribution is 6.09. The Kier molecular flexibility index (Phi) is 17.2. The molecule has 89 heavy (non-hydrogen) atoms. The molecule has 5 aliphatic rings. The number of aromatic nitrogens is 1. The largest absolute Gasteiger partial charge is 0.494 e. The molecule has 456 valence electrons. The first-order chi connectivity index (χ1) is 43.0. The predicted octanol–water partition coefficient (Wildman–Crippen LogP) is 14.2. The quantitative estimate of drug-likeness (QED) is 0.0665. The molecule has 1 aromatic heterocycles. The zero-order chi connectivity index (χ0) is 62.0. The first-order valence-electron chi connectivity index (χ1n) is 31.7. The van der Waals surface area contributed by atoms with Crippen molar-refractivity contribution < 1.29 is 32.5 Å². The van der Waals surface area contributed by atoms with Crippen LogP contribution in [0.15, 0.2) is 175 Å². The fourth-order valence-corrected chi connectivity index (χ4v) is 14.4. The van der Waals surface area contributed by atoms with E-state index >= 15 is 0 Å². The van der Waals surface area contributed by atoms with Gasteiger partial charge in [0.25, 0.3) is 11.8 Å². The molecule has 0 saturated carbocycles. The molecule has 1 aliphatic carbocycles. The lowest BCUT2D eigenvalue weighted by Crippen LogP contribution is -2.48. The fraction of sp³-hybridized carbons (Fsp3) is 0.360. The maximum atomic E-state index is 14.0. The van der Waals surface area contributed by atoms with Crippen LogP contribution in [0.1, 0.15) is 107 Å². The van der Waals surface area contributed by atoms with Gasteiger partial charge in [-0.2, -0.15) is 9.84 Å². The molecule has 1 N–H and O–H groups in total. The maximum absolute atomic E-state index is 14.0. The van der Waals surface area contributed by atoms with E-state index in [1.54, 1.807) is 12.1 Å². The summed E-state index contributed by atoms with van der Waals surface area (Å²) in [6, 6.07) is 42.1. The summed E-state index contributed by atoms with van der Waals surface area (Å²) in [6.07, 6.45) is 20.2. The minimum absolute atomic E-state index is 0.125. The number of carbonyl (C=O) groups is 3. The van der Waals surface area contributed by atoms with E-state index in [-0.39, 0.29) is 22.3 Å². The molecule has 12 rings (SSSR count). The van der Waals surface area contributed by atoms with Crippen LogP contribution in [0, 0.1) is 11.3 Å². The molecular weight excluding hydrogens is 1110 g/mol. The highest BCUT2D eigenvalue weighted by atomic mass is 19.3. The summed E-state index contributed by atoms with van der Waals surface area (Å²) >= 11 is 0. The van der Waals surface area contributed by atoms with E-state index in [9.17, 15) is 28.4 Å². The smallest absolute Gasteiger partial charge is 0.268 e. The van der Waals surface area contributed by atoms with Gasteiger partial charge in [-0.1, -0.05) is 111 Å². The number of nitrogens with one attached hydrogen (secondary N) is 1. The first kappa shape index (κ1) is 60.5. The summed E-state index contributed by atoms with van der Waals surface area (Å²) < 4.78 is 36.4. The van der Waals surface area contributed by atoms with Crippen molar-refractivity contribution >= 4 is 67.3 Å².